The number of fused-ring (bicyclic) bond motifs is 1. The molecule has 1 aliphatic rings. The Morgan fingerprint density at radius 3 is 2.79 bits per heavy atom. The zero-order chi connectivity index (χ0) is 17.7. The third-order valence-electron chi connectivity index (χ3n) is 3.84. The Kier molecular flexibility index (Phi) is 6.03. The Morgan fingerprint density at radius 2 is 2.12 bits per heavy atom. The predicted molar refractivity (Wildman–Crippen MR) is 91.2 cm³/mol. The minimum absolute atomic E-state index is 0.0745. The number of nitrogens with one attached hydrogen (secondary N) is 3. The summed E-state index contributed by atoms with van der Waals surface area (Å²) in [6, 6.07) is 4.96. The van der Waals surface area contributed by atoms with Gasteiger partial charge < -0.3 is 25.4 Å². The van der Waals surface area contributed by atoms with Crippen LogP contribution in [0.4, 0.5) is 10.5 Å². The number of hydrogen-bond donors (Lipinski definition) is 3. The van der Waals surface area contributed by atoms with E-state index >= 15 is 0 Å². The lowest BCUT2D eigenvalue weighted by molar-refractivity contribution is -0.123. The lowest BCUT2D eigenvalue weighted by atomic mass is 10.1. The second-order valence-corrected chi connectivity index (χ2v) is 5.96. The van der Waals surface area contributed by atoms with Crippen LogP contribution in [0.25, 0.3) is 0 Å². The van der Waals surface area contributed by atoms with Crippen LogP contribution in [0.3, 0.4) is 0 Å². The van der Waals surface area contributed by atoms with Crippen LogP contribution in [0.2, 0.25) is 0 Å². The number of amides is 3. The molecule has 1 heterocycles. The molecule has 1 aliphatic heterocycles. The summed E-state index contributed by atoms with van der Waals surface area (Å²) in [7, 11) is 1.59. The second-order valence-electron chi connectivity index (χ2n) is 5.96. The largest absolute Gasteiger partial charge is 0.478 e. The van der Waals surface area contributed by atoms with Gasteiger partial charge in [-0.3, -0.25) is 4.79 Å². The monoisotopic (exact) mass is 335 g/mol. The topological polar surface area (TPSA) is 88.7 Å². The molecule has 0 spiro atoms. The molecule has 0 aromatic heterocycles. The maximum absolute atomic E-state index is 12.0. The van der Waals surface area contributed by atoms with Gasteiger partial charge in [-0.15, -0.1) is 0 Å². The number of rotatable bonds is 6. The highest BCUT2D eigenvalue weighted by Crippen LogP contribution is 2.32. The molecule has 132 valence electrons. The van der Waals surface area contributed by atoms with Crippen molar-refractivity contribution in [2.45, 2.75) is 45.4 Å². The van der Waals surface area contributed by atoms with Crippen molar-refractivity contribution in [3.05, 3.63) is 23.8 Å². The number of carbonyl (C=O) groups excluding carboxylic acids is 2. The summed E-state index contributed by atoms with van der Waals surface area (Å²) in [5.41, 5.74) is 1.55. The van der Waals surface area contributed by atoms with E-state index in [0.717, 1.165) is 5.56 Å². The average molecular weight is 335 g/mol. The summed E-state index contributed by atoms with van der Waals surface area (Å²) in [4.78, 5) is 23.8. The van der Waals surface area contributed by atoms with Gasteiger partial charge in [0.25, 0.3) is 5.91 Å². The highest BCUT2D eigenvalue weighted by molar-refractivity contribution is 5.97. The number of urea groups is 1. The fourth-order valence-corrected chi connectivity index (χ4v) is 2.53. The van der Waals surface area contributed by atoms with Crippen LogP contribution in [-0.4, -0.2) is 37.8 Å². The lowest BCUT2D eigenvalue weighted by Crippen LogP contribution is -2.43. The number of benzene rings is 1. The van der Waals surface area contributed by atoms with Crippen molar-refractivity contribution in [2.75, 3.05) is 19.0 Å². The Morgan fingerprint density at radius 1 is 1.38 bits per heavy atom. The van der Waals surface area contributed by atoms with Crippen LogP contribution in [0.5, 0.6) is 5.75 Å². The predicted octanol–water partition coefficient (Wildman–Crippen LogP) is 2.19. The van der Waals surface area contributed by atoms with E-state index in [1.165, 1.54) is 0 Å². The zero-order valence-electron chi connectivity index (χ0n) is 14.5. The van der Waals surface area contributed by atoms with E-state index in [1.807, 2.05) is 32.9 Å². The second kappa shape index (κ2) is 8.01. The van der Waals surface area contributed by atoms with Gasteiger partial charge in [0.2, 0.25) is 0 Å². The molecular formula is C17H25N3O4. The van der Waals surface area contributed by atoms with Gasteiger partial charge in [0.05, 0.1) is 24.4 Å². The van der Waals surface area contributed by atoms with Gasteiger partial charge in [0.1, 0.15) is 5.75 Å². The number of methoxy groups -OCH3 is 1. The van der Waals surface area contributed by atoms with E-state index in [-0.39, 0.29) is 24.0 Å². The van der Waals surface area contributed by atoms with Crippen LogP contribution in [0.15, 0.2) is 18.2 Å². The van der Waals surface area contributed by atoms with Gasteiger partial charge in [-0.1, -0.05) is 13.0 Å². The molecule has 3 amide bonds. The molecule has 7 nitrogen and oxygen atoms in total. The molecule has 1 aromatic carbocycles. The van der Waals surface area contributed by atoms with E-state index < -0.39 is 6.10 Å². The average Bonchev–Trinajstić information content (AvgIpc) is 2.53. The zero-order valence-corrected chi connectivity index (χ0v) is 14.5. The van der Waals surface area contributed by atoms with Crippen molar-refractivity contribution in [2.24, 2.45) is 0 Å². The fraction of sp³-hybridized carbons (Fsp3) is 0.529. The molecule has 24 heavy (non-hydrogen) atoms. The highest BCUT2D eigenvalue weighted by Gasteiger charge is 2.26. The minimum atomic E-state index is -0.478. The number of carbonyl (C=O) groups is 2. The van der Waals surface area contributed by atoms with Gasteiger partial charge >= 0.3 is 6.03 Å². The van der Waals surface area contributed by atoms with Gasteiger partial charge in [0.15, 0.2) is 6.10 Å². The van der Waals surface area contributed by atoms with Gasteiger partial charge in [0, 0.05) is 7.11 Å². The summed E-state index contributed by atoms with van der Waals surface area (Å²) < 4.78 is 10.7. The number of ether oxygens (including phenoxy) is 2. The van der Waals surface area contributed by atoms with Crippen LogP contribution in [0.1, 0.15) is 38.8 Å². The SMILES string of the molecule is CC[C@@H]1Oc2cc([C@H](C)NC(=O)N[C@@H](C)COC)ccc2NC1=O. The minimum Gasteiger partial charge on any atom is -0.478 e. The Labute approximate surface area is 142 Å². The molecule has 0 unspecified atom stereocenters. The maximum Gasteiger partial charge on any atom is 0.315 e. The first-order chi connectivity index (χ1) is 11.4. The van der Waals surface area contributed by atoms with Crippen LogP contribution >= 0.6 is 0 Å². The Bertz CT molecular complexity index is 605. The van der Waals surface area contributed by atoms with Crippen molar-refractivity contribution >= 4 is 17.6 Å². The number of anilines is 1. The smallest absolute Gasteiger partial charge is 0.315 e. The summed E-state index contributed by atoms with van der Waals surface area (Å²) in [5, 5.41) is 8.51. The van der Waals surface area contributed by atoms with Gasteiger partial charge in [-0.2, -0.15) is 0 Å². The molecular weight excluding hydrogens is 310 g/mol. The Balaban J connectivity index is 2.02. The molecule has 0 fully saturated rings. The molecule has 0 aliphatic carbocycles. The molecule has 3 atom stereocenters. The van der Waals surface area contributed by atoms with Gasteiger partial charge in [-0.05, 0) is 38.0 Å². The van der Waals surface area contributed by atoms with E-state index in [2.05, 4.69) is 16.0 Å². The maximum atomic E-state index is 12.0. The van der Waals surface area contributed by atoms with E-state index in [9.17, 15) is 9.59 Å². The van der Waals surface area contributed by atoms with Crippen molar-refractivity contribution < 1.29 is 19.1 Å². The first kappa shape index (κ1) is 18.1. The molecule has 0 radical (unpaired) electrons. The first-order valence-electron chi connectivity index (χ1n) is 8.12. The van der Waals surface area contributed by atoms with Crippen LogP contribution in [0, 0.1) is 0 Å². The summed E-state index contributed by atoms with van der Waals surface area (Å²) in [5.74, 6) is 0.496. The standard InChI is InChI=1S/C17H25N3O4/c1-5-14-16(21)20-13-7-6-12(8-15(13)24-14)11(3)19-17(22)18-10(2)9-23-4/h6-8,10-11,14H,5,9H2,1-4H3,(H,20,21)(H2,18,19,22)/t10-,11-,14-/m0/s1. The molecule has 3 N–H and O–H groups in total. The molecule has 7 heteroatoms. The van der Waals surface area contributed by atoms with Crippen LogP contribution in [-0.2, 0) is 9.53 Å². The summed E-state index contributed by atoms with van der Waals surface area (Å²) in [6.07, 6.45) is 0.123. The highest BCUT2D eigenvalue weighted by atomic mass is 16.5. The fourth-order valence-electron chi connectivity index (χ4n) is 2.53. The van der Waals surface area contributed by atoms with E-state index in [0.29, 0.717) is 24.5 Å². The van der Waals surface area contributed by atoms with Crippen molar-refractivity contribution in [3.8, 4) is 5.75 Å². The molecule has 0 saturated heterocycles. The third kappa shape index (κ3) is 4.38. The van der Waals surface area contributed by atoms with Crippen molar-refractivity contribution in [1.82, 2.24) is 10.6 Å². The van der Waals surface area contributed by atoms with Gasteiger partial charge in [-0.25, -0.2) is 4.79 Å². The quantitative estimate of drug-likeness (QED) is 0.743. The Hall–Kier alpha value is -2.28. The molecule has 2 rings (SSSR count). The summed E-state index contributed by atoms with van der Waals surface area (Å²) in [6.45, 7) is 6.11. The molecule has 0 bridgehead atoms. The third-order valence-corrected chi connectivity index (χ3v) is 3.84. The first-order valence-corrected chi connectivity index (χ1v) is 8.12. The summed E-state index contributed by atoms with van der Waals surface area (Å²) >= 11 is 0. The van der Waals surface area contributed by atoms with E-state index in [4.69, 9.17) is 9.47 Å². The normalized spacial score (nSPS) is 18.7. The lowest BCUT2D eigenvalue weighted by Gasteiger charge is -2.26. The number of hydrogen-bond acceptors (Lipinski definition) is 4. The molecule has 0 saturated carbocycles. The molecule has 1 aromatic rings. The van der Waals surface area contributed by atoms with Crippen molar-refractivity contribution in [1.29, 1.82) is 0 Å². The van der Waals surface area contributed by atoms with E-state index in [1.54, 1.807) is 13.2 Å². The van der Waals surface area contributed by atoms with Crippen molar-refractivity contribution in [3.63, 3.8) is 0 Å². The van der Waals surface area contributed by atoms with Crippen LogP contribution < -0.4 is 20.7 Å².